The SMILES string of the molecule is CCOc1cc(F)cc(C(=O)CCBr)c1. The van der Waals surface area contributed by atoms with Gasteiger partial charge in [0.2, 0.25) is 0 Å². The zero-order valence-corrected chi connectivity index (χ0v) is 10.0. The minimum absolute atomic E-state index is 0.0904. The number of carbonyl (C=O) groups is 1. The van der Waals surface area contributed by atoms with Crippen molar-refractivity contribution in [1.29, 1.82) is 0 Å². The van der Waals surface area contributed by atoms with Crippen molar-refractivity contribution in [3.05, 3.63) is 29.6 Å². The Kier molecular flexibility index (Phi) is 4.75. The van der Waals surface area contributed by atoms with Crippen molar-refractivity contribution in [2.45, 2.75) is 13.3 Å². The molecule has 0 aliphatic rings. The number of hydrogen-bond donors (Lipinski definition) is 0. The van der Waals surface area contributed by atoms with Crippen LogP contribution in [0.5, 0.6) is 5.75 Å². The van der Waals surface area contributed by atoms with E-state index < -0.39 is 5.82 Å². The Morgan fingerprint density at radius 2 is 2.20 bits per heavy atom. The van der Waals surface area contributed by atoms with Gasteiger partial charge in [-0.3, -0.25) is 4.79 Å². The van der Waals surface area contributed by atoms with Crippen LogP contribution in [-0.2, 0) is 0 Å². The maximum absolute atomic E-state index is 13.1. The first-order valence-electron chi connectivity index (χ1n) is 4.70. The lowest BCUT2D eigenvalue weighted by atomic mass is 10.1. The molecule has 0 aliphatic heterocycles. The Balaban J connectivity index is 2.92. The van der Waals surface area contributed by atoms with Gasteiger partial charge in [-0.15, -0.1) is 0 Å². The molecular formula is C11H12BrFO2. The van der Waals surface area contributed by atoms with Gasteiger partial charge >= 0.3 is 0 Å². The van der Waals surface area contributed by atoms with Crippen molar-refractivity contribution in [1.82, 2.24) is 0 Å². The van der Waals surface area contributed by atoms with E-state index in [1.807, 2.05) is 6.92 Å². The van der Waals surface area contributed by atoms with Crippen LogP contribution < -0.4 is 4.74 Å². The summed E-state index contributed by atoms with van der Waals surface area (Å²) in [5, 5.41) is 0.576. The monoisotopic (exact) mass is 274 g/mol. The standard InChI is InChI=1S/C11H12BrFO2/c1-2-15-10-6-8(5-9(13)7-10)11(14)3-4-12/h5-7H,2-4H2,1H3. The number of halogens is 2. The summed E-state index contributed by atoms with van der Waals surface area (Å²) in [4.78, 5) is 11.5. The van der Waals surface area contributed by atoms with Crippen molar-refractivity contribution in [2.24, 2.45) is 0 Å². The molecular weight excluding hydrogens is 263 g/mol. The molecule has 0 atom stereocenters. The largest absolute Gasteiger partial charge is 0.494 e. The first-order chi connectivity index (χ1) is 7.17. The molecule has 0 radical (unpaired) electrons. The van der Waals surface area contributed by atoms with Crippen molar-refractivity contribution >= 4 is 21.7 Å². The lowest BCUT2D eigenvalue weighted by Gasteiger charge is -2.05. The van der Waals surface area contributed by atoms with Gasteiger partial charge < -0.3 is 4.74 Å². The lowest BCUT2D eigenvalue weighted by molar-refractivity contribution is 0.0989. The molecule has 0 saturated carbocycles. The first-order valence-corrected chi connectivity index (χ1v) is 5.82. The predicted octanol–water partition coefficient (Wildman–Crippen LogP) is 3.19. The molecule has 82 valence electrons. The molecule has 0 bridgehead atoms. The minimum atomic E-state index is -0.445. The van der Waals surface area contributed by atoms with Crippen LogP contribution >= 0.6 is 15.9 Å². The third-order valence-electron chi connectivity index (χ3n) is 1.83. The summed E-state index contributed by atoms with van der Waals surface area (Å²) in [5.41, 5.74) is 0.359. The van der Waals surface area contributed by atoms with Gasteiger partial charge in [0.1, 0.15) is 11.6 Å². The van der Waals surface area contributed by atoms with Gasteiger partial charge in [0.25, 0.3) is 0 Å². The van der Waals surface area contributed by atoms with Crippen LogP contribution in [0.15, 0.2) is 18.2 Å². The fraction of sp³-hybridized carbons (Fsp3) is 0.364. The molecule has 0 N–H and O–H groups in total. The van der Waals surface area contributed by atoms with E-state index >= 15 is 0 Å². The van der Waals surface area contributed by atoms with E-state index in [9.17, 15) is 9.18 Å². The summed E-state index contributed by atoms with van der Waals surface area (Å²) in [6.45, 7) is 2.26. The van der Waals surface area contributed by atoms with E-state index in [-0.39, 0.29) is 5.78 Å². The predicted molar refractivity (Wildman–Crippen MR) is 60.3 cm³/mol. The minimum Gasteiger partial charge on any atom is -0.494 e. The van der Waals surface area contributed by atoms with Crippen molar-refractivity contribution in [3.8, 4) is 5.75 Å². The highest BCUT2D eigenvalue weighted by molar-refractivity contribution is 9.09. The molecule has 2 nitrogen and oxygen atoms in total. The van der Waals surface area contributed by atoms with Crippen LogP contribution in [-0.4, -0.2) is 17.7 Å². The highest BCUT2D eigenvalue weighted by Crippen LogP contribution is 2.17. The van der Waals surface area contributed by atoms with E-state index in [1.165, 1.54) is 12.1 Å². The van der Waals surface area contributed by atoms with Gasteiger partial charge in [-0.25, -0.2) is 4.39 Å². The Hall–Kier alpha value is -0.900. The molecule has 0 heterocycles. The fourth-order valence-electron chi connectivity index (χ4n) is 1.20. The van der Waals surface area contributed by atoms with E-state index in [0.717, 1.165) is 0 Å². The van der Waals surface area contributed by atoms with Crippen LogP contribution in [0.2, 0.25) is 0 Å². The maximum Gasteiger partial charge on any atom is 0.163 e. The molecule has 0 fully saturated rings. The van der Waals surface area contributed by atoms with Gasteiger partial charge in [-0.1, -0.05) is 15.9 Å². The Labute approximate surface area is 96.6 Å². The van der Waals surface area contributed by atoms with Crippen molar-refractivity contribution < 1.29 is 13.9 Å². The highest BCUT2D eigenvalue weighted by Gasteiger charge is 2.08. The number of benzene rings is 1. The topological polar surface area (TPSA) is 26.3 Å². The molecule has 0 unspecified atom stereocenters. The van der Waals surface area contributed by atoms with Crippen LogP contribution in [0.1, 0.15) is 23.7 Å². The second-order valence-electron chi connectivity index (χ2n) is 2.97. The summed E-state index contributed by atoms with van der Waals surface area (Å²) in [5.74, 6) is -0.137. The first kappa shape index (κ1) is 12.2. The van der Waals surface area contributed by atoms with E-state index in [4.69, 9.17) is 4.74 Å². The van der Waals surface area contributed by atoms with Gasteiger partial charge in [-0.2, -0.15) is 0 Å². The lowest BCUT2D eigenvalue weighted by Crippen LogP contribution is -2.02. The molecule has 0 amide bonds. The third-order valence-corrected chi connectivity index (χ3v) is 2.22. The zero-order valence-electron chi connectivity index (χ0n) is 8.43. The normalized spacial score (nSPS) is 10.1. The summed E-state index contributed by atoms with van der Waals surface area (Å²) in [6, 6.07) is 4.07. The third kappa shape index (κ3) is 3.63. The van der Waals surface area contributed by atoms with Crippen LogP contribution in [0.4, 0.5) is 4.39 Å². The van der Waals surface area contributed by atoms with E-state index in [0.29, 0.717) is 29.7 Å². The summed E-state index contributed by atoms with van der Waals surface area (Å²) in [7, 11) is 0. The van der Waals surface area contributed by atoms with Gasteiger partial charge in [0, 0.05) is 23.4 Å². The highest BCUT2D eigenvalue weighted by atomic mass is 79.9. The summed E-state index contributed by atoms with van der Waals surface area (Å²) >= 11 is 3.17. The molecule has 1 rings (SSSR count). The summed E-state index contributed by atoms with van der Waals surface area (Å²) in [6.07, 6.45) is 0.356. The maximum atomic E-state index is 13.1. The number of ether oxygens (including phenoxy) is 1. The quantitative estimate of drug-likeness (QED) is 0.609. The van der Waals surface area contributed by atoms with E-state index in [2.05, 4.69) is 15.9 Å². The smallest absolute Gasteiger partial charge is 0.163 e. The van der Waals surface area contributed by atoms with E-state index in [1.54, 1.807) is 6.07 Å². The number of alkyl halides is 1. The number of rotatable bonds is 5. The molecule has 4 heteroatoms. The molecule has 0 aliphatic carbocycles. The molecule has 1 aromatic carbocycles. The number of ketones is 1. The van der Waals surface area contributed by atoms with Crippen LogP contribution in [0, 0.1) is 5.82 Å². The Morgan fingerprint density at radius 1 is 1.47 bits per heavy atom. The molecule has 0 aromatic heterocycles. The zero-order chi connectivity index (χ0) is 11.3. The van der Waals surface area contributed by atoms with Gasteiger partial charge in [0.05, 0.1) is 6.61 Å². The van der Waals surface area contributed by atoms with Crippen LogP contribution in [0.3, 0.4) is 0 Å². The van der Waals surface area contributed by atoms with Crippen LogP contribution in [0.25, 0.3) is 0 Å². The Bertz CT molecular complexity index is 352. The Morgan fingerprint density at radius 3 is 2.80 bits per heavy atom. The number of hydrogen-bond acceptors (Lipinski definition) is 2. The summed E-state index contributed by atoms with van der Waals surface area (Å²) < 4.78 is 18.3. The van der Waals surface area contributed by atoms with Gasteiger partial charge in [-0.05, 0) is 19.1 Å². The molecule has 0 saturated heterocycles. The van der Waals surface area contributed by atoms with Crippen molar-refractivity contribution in [2.75, 3.05) is 11.9 Å². The fourth-order valence-corrected chi connectivity index (χ4v) is 1.56. The number of Topliss-reactive ketones (excluding diaryl/α,β-unsaturated/α-hetero) is 1. The molecule has 0 spiro atoms. The van der Waals surface area contributed by atoms with Gasteiger partial charge in [0.15, 0.2) is 5.78 Å². The second kappa shape index (κ2) is 5.85. The molecule has 1 aromatic rings. The average Bonchev–Trinajstić information content (AvgIpc) is 2.17. The number of carbonyl (C=O) groups excluding carboxylic acids is 1. The second-order valence-corrected chi connectivity index (χ2v) is 3.76. The van der Waals surface area contributed by atoms with Crippen molar-refractivity contribution in [3.63, 3.8) is 0 Å². The molecule has 15 heavy (non-hydrogen) atoms. The average molecular weight is 275 g/mol.